The second kappa shape index (κ2) is 4.48. The van der Waals surface area contributed by atoms with Crippen LogP contribution in [0.4, 0.5) is 5.82 Å². The third-order valence-electron chi connectivity index (χ3n) is 3.52. The fourth-order valence-electron chi connectivity index (χ4n) is 2.50. The fraction of sp³-hybridized carbons (Fsp3) is 0.636. The first-order chi connectivity index (χ1) is 9.11. The van der Waals surface area contributed by atoms with Gasteiger partial charge < -0.3 is 25.6 Å². The first-order valence-corrected chi connectivity index (χ1v) is 6.14. The van der Waals surface area contributed by atoms with E-state index in [9.17, 15) is 5.11 Å². The van der Waals surface area contributed by atoms with Gasteiger partial charge in [-0.1, -0.05) is 0 Å². The number of aliphatic hydroxyl groups is 2. The van der Waals surface area contributed by atoms with Crippen LogP contribution in [0.3, 0.4) is 0 Å². The zero-order chi connectivity index (χ0) is 13.6. The van der Waals surface area contributed by atoms with Crippen LogP contribution in [0.2, 0.25) is 0 Å². The average molecular weight is 267 g/mol. The molecule has 0 spiro atoms. The SMILES string of the molecule is CN1CN=C(N)c2ncn([C@H]3C[C@H](O)[C@@H](CO)O3)c21. The van der Waals surface area contributed by atoms with Crippen LogP contribution in [0.25, 0.3) is 0 Å². The summed E-state index contributed by atoms with van der Waals surface area (Å²) in [6, 6.07) is 0. The molecule has 2 aliphatic heterocycles. The summed E-state index contributed by atoms with van der Waals surface area (Å²) in [5, 5.41) is 18.9. The molecule has 0 saturated carbocycles. The molecular weight excluding hydrogens is 250 g/mol. The lowest BCUT2D eigenvalue weighted by Crippen LogP contribution is -2.31. The number of hydrogen-bond acceptors (Lipinski definition) is 7. The number of fused-ring (bicyclic) bond motifs is 1. The zero-order valence-electron chi connectivity index (χ0n) is 10.6. The molecular formula is C11H17N5O3. The van der Waals surface area contributed by atoms with E-state index in [-0.39, 0.29) is 12.8 Å². The molecule has 0 bridgehead atoms. The Kier molecular flexibility index (Phi) is 2.92. The molecule has 1 aromatic heterocycles. The Bertz CT molecular complexity index is 514. The van der Waals surface area contributed by atoms with Crippen molar-refractivity contribution in [1.82, 2.24) is 9.55 Å². The maximum Gasteiger partial charge on any atom is 0.150 e. The number of nitrogens with two attached hydrogens (primary N) is 1. The molecule has 1 saturated heterocycles. The molecule has 104 valence electrons. The summed E-state index contributed by atoms with van der Waals surface area (Å²) < 4.78 is 7.46. The maximum atomic E-state index is 9.80. The molecule has 3 rings (SSSR count). The van der Waals surface area contributed by atoms with E-state index in [1.165, 1.54) is 0 Å². The van der Waals surface area contributed by atoms with Crippen LogP contribution in [-0.2, 0) is 4.74 Å². The Balaban J connectivity index is 1.94. The smallest absolute Gasteiger partial charge is 0.150 e. The van der Waals surface area contributed by atoms with Crippen LogP contribution < -0.4 is 10.6 Å². The summed E-state index contributed by atoms with van der Waals surface area (Å²) in [7, 11) is 1.89. The van der Waals surface area contributed by atoms with Crippen molar-refractivity contribution in [3.8, 4) is 0 Å². The molecule has 19 heavy (non-hydrogen) atoms. The second-order valence-corrected chi connectivity index (χ2v) is 4.82. The first-order valence-electron chi connectivity index (χ1n) is 6.14. The number of rotatable bonds is 2. The molecule has 4 N–H and O–H groups in total. The highest BCUT2D eigenvalue weighted by molar-refractivity contribution is 6.01. The standard InChI is InChI=1S/C11H17N5O3/c1-15-4-14-10(12)9-11(15)16(5-13-9)8-2-6(18)7(3-17)19-8/h5-8,17-18H,2-4H2,1H3,(H2,12,14)/t6-,7+,8+/m0/s1. The number of amidine groups is 1. The molecule has 2 aliphatic rings. The quantitative estimate of drug-likeness (QED) is 0.610. The van der Waals surface area contributed by atoms with E-state index in [1.54, 1.807) is 6.33 Å². The third-order valence-corrected chi connectivity index (χ3v) is 3.52. The van der Waals surface area contributed by atoms with E-state index in [4.69, 9.17) is 15.6 Å². The fourth-order valence-corrected chi connectivity index (χ4v) is 2.50. The highest BCUT2D eigenvalue weighted by Gasteiger charge is 2.37. The van der Waals surface area contributed by atoms with E-state index in [1.807, 2.05) is 16.5 Å². The molecule has 0 unspecified atom stereocenters. The Hall–Kier alpha value is -1.64. The summed E-state index contributed by atoms with van der Waals surface area (Å²) in [5.74, 6) is 1.23. The molecule has 3 heterocycles. The van der Waals surface area contributed by atoms with Gasteiger partial charge in [-0.05, 0) is 0 Å². The van der Waals surface area contributed by atoms with E-state index >= 15 is 0 Å². The molecule has 1 aromatic rings. The molecule has 1 fully saturated rings. The third kappa shape index (κ3) is 1.88. The van der Waals surface area contributed by atoms with Crippen molar-refractivity contribution in [1.29, 1.82) is 0 Å². The van der Waals surface area contributed by atoms with E-state index in [0.29, 0.717) is 24.6 Å². The van der Waals surface area contributed by atoms with Crippen molar-refractivity contribution in [3.63, 3.8) is 0 Å². The Morgan fingerprint density at radius 2 is 2.37 bits per heavy atom. The van der Waals surface area contributed by atoms with Crippen molar-refractivity contribution >= 4 is 11.7 Å². The van der Waals surface area contributed by atoms with E-state index in [2.05, 4.69) is 9.98 Å². The number of imidazole rings is 1. The van der Waals surface area contributed by atoms with Gasteiger partial charge in [0, 0.05) is 13.5 Å². The molecule has 0 aromatic carbocycles. The minimum Gasteiger partial charge on any atom is -0.394 e. The van der Waals surface area contributed by atoms with Gasteiger partial charge in [0.1, 0.15) is 36.3 Å². The van der Waals surface area contributed by atoms with Crippen molar-refractivity contribution in [2.24, 2.45) is 10.7 Å². The van der Waals surface area contributed by atoms with Gasteiger partial charge in [0.25, 0.3) is 0 Å². The minimum atomic E-state index is -0.673. The number of anilines is 1. The van der Waals surface area contributed by atoms with Gasteiger partial charge in [0.05, 0.1) is 19.0 Å². The Morgan fingerprint density at radius 1 is 1.58 bits per heavy atom. The van der Waals surface area contributed by atoms with Gasteiger partial charge in [0.15, 0.2) is 0 Å². The van der Waals surface area contributed by atoms with Gasteiger partial charge in [0.2, 0.25) is 0 Å². The number of hydrogen-bond donors (Lipinski definition) is 3. The molecule has 0 aliphatic carbocycles. The van der Waals surface area contributed by atoms with Gasteiger partial charge >= 0.3 is 0 Å². The lowest BCUT2D eigenvalue weighted by Gasteiger charge is -2.26. The zero-order valence-corrected chi connectivity index (χ0v) is 10.6. The van der Waals surface area contributed by atoms with Crippen LogP contribution in [0.1, 0.15) is 18.3 Å². The predicted molar refractivity (Wildman–Crippen MR) is 67.8 cm³/mol. The van der Waals surface area contributed by atoms with Gasteiger partial charge in [-0.3, -0.25) is 4.57 Å². The van der Waals surface area contributed by atoms with Crippen molar-refractivity contribution in [2.75, 3.05) is 25.2 Å². The summed E-state index contributed by atoms with van der Waals surface area (Å²) in [5.41, 5.74) is 6.44. The molecule has 8 heteroatoms. The molecule has 3 atom stereocenters. The maximum absolute atomic E-state index is 9.80. The van der Waals surface area contributed by atoms with Crippen LogP contribution >= 0.6 is 0 Å². The Morgan fingerprint density at radius 3 is 3.05 bits per heavy atom. The largest absolute Gasteiger partial charge is 0.394 e. The van der Waals surface area contributed by atoms with Gasteiger partial charge in [-0.2, -0.15) is 0 Å². The summed E-state index contributed by atoms with van der Waals surface area (Å²) in [4.78, 5) is 10.3. The number of aromatic nitrogens is 2. The van der Waals surface area contributed by atoms with E-state index < -0.39 is 12.2 Å². The first kappa shape index (κ1) is 12.4. The molecule has 0 amide bonds. The number of nitrogens with zero attached hydrogens (tertiary/aromatic N) is 4. The summed E-state index contributed by atoms with van der Waals surface area (Å²) in [6.45, 7) is 0.261. The topological polar surface area (TPSA) is 109 Å². The lowest BCUT2D eigenvalue weighted by atomic mass is 10.2. The monoisotopic (exact) mass is 267 g/mol. The summed E-state index contributed by atoms with van der Waals surface area (Å²) in [6.07, 6.45) is 0.470. The number of aliphatic hydroxyl groups excluding tert-OH is 2. The van der Waals surface area contributed by atoms with E-state index in [0.717, 1.165) is 5.82 Å². The minimum absolute atomic E-state index is 0.200. The molecule has 8 nitrogen and oxygen atoms in total. The molecule has 0 radical (unpaired) electrons. The predicted octanol–water partition coefficient (Wildman–Crippen LogP) is -1.36. The van der Waals surface area contributed by atoms with Crippen molar-refractivity contribution in [3.05, 3.63) is 12.0 Å². The van der Waals surface area contributed by atoms with Crippen LogP contribution in [0, 0.1) is 0 Å². The van der Waals surface area contributed by atoms with Crippen LogP contribution in [0.15, 0.2) is 11.3 Å². The Labute approximate surface area is 110 Å². The van der Waals surface area contributed by atoms with Gasteiger partial charge in [-0.25, -0.2) is 9.98 Å². The highest BCUT2D eigenvalue weighted by Crippen LogP contribution is 2.34. The lowest BCUT2D eigenvalue weighted by molar-refractivity contribution is -0.0439. The highest BCUT2D eigenvalue weighted by atomic mass is 16.5. The normalized spacial score (nSPS) is 30.4. The van der Waals surface area contributed by atoms with Crippen LogP contribution in [0.5, 0.6) is 0 Å². The average Bonchev–Trinajstić information content (AvgIpc) is 2.97. The second-order valence-electron chi connectivity index (χ2n) is 4.82. The van der Waals surface area contributed by atoms with Crippen molar-refractivity contribution < 1.29 is 14.9 Å². The van der Waals surface area contributed by atoms with Gasteiger partial charge in [-0.15, -0.1) is 0 Å². The number of aliphatic imine (C=N–C) groups is 1. The van der Waals surface area contributed by atoms with Crippen LogP contribution in [-0.4, -0.2) is 58.1 Å². The number of ether oxygens (including phenoxy) is 1. The van der Waals surface area contributed by atoms with Crippen molar-refractivity contribution in [2.45, 2.75) is 24.9 Å². The summed E-state index contributed by atoms with van der Waals surface area (Å²) >= 11 is 0.